The summed E-state index contributed by atoms with van der Waals surface area (Å²) in [5.41, 5.74) is 10.9. The van der Waals surface area contributed by atoms with Gasteiger partial charge in [0.2, 0.25) is 0 Å². The summed E-state index contributed by atoms with van der Waals surface area (Å²) in [5.74, 6) is 0. The van der Waals surface area contributed by atoms with Gasteiger partial charge in [-0.3, -0.25) is 0 Å². The van der Waals surface area contributed by atoms with E-state index in [9.17, 15) is 0 Å². The van der Waals surface area contributed by atoms with Gasteiger partial charge in [0.05, 0.1) is 17.1 Å². The molecule has 0 aliphatic heterocycles. The molecule has 2 N–H and O–H groups in total. The van der Waals surface area contributed by atoms with Crippen LogP contribution in [0.15, 0.2) is 54.6 Å². The molecule has 21 heavy (non-hydrogen) atoms. The monoisotopic (exact) mass is 297 g/mol. The SMILES string of the molecule is Cc1ccc(-c2cc(CN)nn2-c2ccc(Cl)cc2)cc1. The topological polar surface area (TPSA) is 43.8 Å². The van der Waals surface area contributed by atoms with Crippen molar-refractivity contribution < 1.29 is 0 Å². The van der Waals surface area contributed by atoms with Crippen molar-refractivity contribution in [1.29, 1.82) is 0 Å². The molecule has 1 aromatic heterocycles. The van der Waals surface area contributed by atoms with E-state index in [0.717, 1.165) is 22.6 Å². The number of aryl methyl sites for hydroxylation is 1. The van der Waals surface area contributed by atoms with E-state index in [-0.39, 0.29) is 0 Å². The average molecular weight is 298 g/mol. The first-order valence-electron chi connectivity index (χ1n) is 6.79. The second-order valence-corrected chi connectivity index (χ2v) is 5.42. The fourth-order valence-corrected chi connectivity index (χ4v) is 2.36. The molecule has 0 atom stereocenters. The molecule has 2 aromatic carbocycles. The Bertz CT molecular complexity index is 680. The average Bonchev–Trinajstić information content (AvgIpc) is 2.93. The lowest BCUT2D eigenvalue weighted by atomic mass is 10.1. The Hall–Kier alpha value is -2.10. The number of hydrogen-bond acceptors (Lipinski definition) is 2. The second-order valence-electron chi connectivity index (χ2n) is 4.98. The molecule has 4 heteroatoms. The minimum Gasteiger partial charge on any atom is -0.325 e. The smallest absolute Gasteiger partial charge is 0.0771 e. The third-order valence-electron chi connectivity index (χ3n) is 3.39. The molecule has 0 bridgehead atoms. The van der Waals surface area contributed by atoms with E-state index in [0.29, 0.717) is 11.6 Å². The van der Waals surface area contributed by atoms with Crippen molar-refractivity contribution in [1.82, 2.24) is 9.78 Å². The van der Waals surface area contributed by atoms with Crippen LogP contribution in [0.3, 0.4) is 0 Å². The van der Waals surface area contributed by atoms with Crippen LogP contribution >= 0.6 is 11.6 Å². The molecule has 0 unspecified atom stereocenters. The van der Waals surface area contributed by atoms with Crippen molar-refractivity contribution in [2.24, 2.45) is 5.73 Å². The van der Waals surface area contributed by atoms with Crippen LogP contribution < -0.4 is 5.73 Å². The molecule has 0 amide bonds. The number of aromatic nitrogens is 2. The molecule has 0 saturated heterocycles. The molecule has 0 saturated carbocycles. The van der Waals surface area contributed by atoms with Crippen LogP contribution in [0.4, 0.5) is 0 Å². The number of hydrogen-bond donors (Lipinski definition) is 1. The Morgan fingerprint density at radius 2 is 1.71 bits per heavy atom. The number of nitrogens with zero attached hydrogens (tertiary/aromatic N) is 2. The van der Waals surface area contributed by atoms with Gasteiger partial charge in [0, 0.05) is 17.1 Å². The molecule has 0 aliphatic rings. The molecular weight excluding hydrogens is 282 g/mol. The summed E-state index contributed by atoms with van der Waals surface area (Å²) in [6.07, 6.45) is 0. The summed E-state index contributed by atoms with van der Waals surface area (Å²) in [6, 6.07) is 18.0. The summed E-state index contributed by atoms with van der Waals surface area (Å²) in [5, 5.41) is 5.29. The molecule has 0 aliphatic carbocycles. The Morgan fingerprint density at radius 3 is 2.33 bits per heavy atom. The van der Waals surface area contributed by atoms with Crippen LogP contribution in [0.5, 0.6) is 0 Å². The molecule has 106 valence electrons. The standard InChI is InChI=1S/C17H16ClN3/c1-12-2-4-13(5-3-12)17-10-15(11-19)20-21(17)16-8-6-14(18)7-9-16/h2-10H,11,19H2,1H3. The first-order valence-corrected chi connectivity index (χ1v) is 7.17. The van der Waals surface area contributed by atoms with E-state index in [2.05, 4.69) is 36.3 Å². The van der Waals surface area contributed by atoms with Gasteiger partial charge in [0.15, 0.2) is 0 Å². The van der Waals surface area contributed by atoms with Gasteiger partial charge in [-0.25, -0.2) is 4.68 Å². The van der Waals surface area contributed by atoms with Crippen molar-refractivity contribution in [3.63, 3.8) is 0 Å². The van der Waals surface area contributed by atoms with Crippen molar-refractivity contribution in [3.8, 4) is 16.9 Å². The molecule has 1 heterocycles. The van der Waals surface area contributed by atoms with Gasteiger partial charge >= 0.3 is 0 Å². The Labute approximate surface area is 129 Å². The fourth-order valence-electron chi connectivity index (χ4n) is 2.24. The fraction of sp³-hybridized carbons (Fsp3) is 0.118. The predicted octanol–water partition coefficient (Wildman–Crippen LogP) is 3.96. The third-order valence-corrected chi connectivity index (χ3v) is 3.64. The minimum atomic E-state index is 0.416. The summed E-state index contributed by atoms with van der Waals surface area (Å²) in [6.45, 7) is 2.49. The molecule has 0 radical (unpaired) electrons. The zero-order valence-electron chi connectivity index (χ0n) is 11.8. The number of halogens is 1. The first-order chi connectivity index (χ1) is 10.2. The first kappa shape index (κ1) is 13.9. The van der Waals surface area contributed by atoms with Gasteiger partial charge in [-0.15, -0.1) is 0 Å². The largest absolute Gasteiger partial charge is 0.325 e. The number of rotatable bonds is 3. The van der Waals surface area contributed by atoms with E-state index in [1.165, 1.54) is 5.56 Å². The van der Waals surface area contributed by atoms with E-state index in [1.807, 2.05) is 35.0 Å². The predicted molar refractivity (Wildman–Crippen MR) is 86.6 cm³/mol. The maximum Gasteiger partial charge on any atom is 0.0771 e. The van der Waals surface area contributed by atoms with Crippen molar-refractivity contribution in [2.75, 3.05) is 0 Å². The maximum atomic E-state index is 5.96. The minimum absolute atomic E-state index is 0.416. The lowest BCUT2D eigenvalue weighted by Crippen LogP contribution is -2.01. The summed E-state index contributed by atoms with van der Waals surface area (Å²) < 4.78 is 1.91. The zero-order valence-corrected chi connectivity index (χ0v) is 12.5. The lowest BCUT2D eigenvalue weighted by molar-refractivity contribution is 0.838. The highest BCUT2D eigenvalue weighted by Gasteiger charge is 2.11. The highest BCUT2D eigenvalue weighted by molar-refractivity contribution is 6.30. The number of nitrogens with two attached hydrogens (primary N) is 1. The van der Waals surface area contributed by atoms with Gasteiger partial charge in [-0.05, 0) is 37.3 Å². The quantitative estimate of drug-likeness (QED) is 0.795. The summed E-state index contributed by atoms with van der Waals surface area (Å²) in [7, 11) is 0. The molecular formula is C17H16ClN3. The second kappa shape index (κ2) is 5.72. The van der Waals surface area contributed by atoms with Crippen LogP contribution in [0.25, 0.3) is 16.9 Å². The zero-order chi connectivity index (χ0) is 14.8. The molecule has 3 nitrogen and oxygen atoms in total. The van der Waals surface area contributed by atoms with Crippen LogP contribution in [0.2, 0.25) is 5.02 Å². The van der Waals surface area contributed by atoms with Gasteiger partial charge in [-0.2, -0.15) is 5.10 Å². The van der Waals surface area contributed by atoms with E-state index in [4.69, 9.17) is 17.3 Å². The van der Waals surface area contributed by atoms with Crippen LogP contribution in [0.1, 0.15) is 11.3 Å². The highest BCUT2D eigenvalue weighted by Crippen LogP contribution is 2.25. The van der Waals surface area contributed by atoms with Gasteiger partial charge in [0.1, 0.15) is 0 Å². The van der Waals surface area contributed by atoms with Gasteiger partial charge < -0.3 is 5.73 Å². The van der Waals surface area contributed by atoms with Crippen LogP contribution in [-0.4, -0.2) is 9.78 Å². The van der Waals surface area contributed by atoms with E-state index < -0.39 is 0 Å². The van der Waals surface area contributed by atoms with E-state index >= 15 is 0 Å². The summed E-state index contributed by atoms with van der Waals surface area (Å²) in [4.78, 5) is 0. The Balaban J connectivity index is 2.13. The third kappa shape index (κ3) is 2.84. The molecule has 3 rings (SSSR count). The van der Waals surface area contributed by atoms with Crippen molar-refractivity contribution in [2.45, 2.75) is 13.5 Å². The normalized spacial score (nSPS) is 10.8. The lowest BCUT2D eigenvalue weighted by Gasteiger charge is -2.08. The van der Waals surface area contributed by atoms with Crippen molar-refractivity contribution >= 4 is 11.6 Å². The van der Waals surface area contributed by atoms with Crippen LogP contribution in [-0.2, 0) is 6.54 Å². The molecule has 0 spiro atoms. The maximum absolute atomic E-state index is 5.96. The summed E-state index contributed by atoms with van der Waals surface area (Å²) >= 11 is 5.96. The highest BCUT2D eigenvalue weighted by atomic mass is 35.5. The Morgan fingerprint density at radius 1 is 1.05 bits per heavy atom. The molecule has 0 fully saturated rings. The van der Waals surface area contributed by atoms with E-state index in [1.54, 1.807) is 0 Å². The van der Waals surface area contributed by atoms with Crippen LogP contribution in [0, 0.1) is 6.92 Å². The molecule has 3 aromatic rings. The van der Waals surface area contributed by atoms with Gasteiger partial charge in [-0.1, -0.05) is 41.4 Å². The Kier molecular flexibility index (Phi) is 3.78. The van der Waals surface area contributed by atoms with Gasteiger partial charge in [0.25, 0.3) is 0 Å². The number of benzene rings is 2. The van der Waals surface area contributed by atoms with Crippen molar-refractivity contribution in [3.05, 3.63) is 70.9 Å².